The summed E-state index contributed by atoms with van der Waals surface area (Å²) >= 11 is 0. The molecule has 2 aromatic carbocycles. The molecule has 0 radical (unpaired) electrons. The molecule has 0 bridgehead atoms. The minimum absolute atomic E-state index is 0.0343. The van der Waals surface area contributed by atoms with Gasteiger partial charge in [0.25, 0.3) is 0 Å². The van der Waals surface area contributed by atoms with E-state index in [4.69, 9.17) is 52.1 Å². The summed E-state index contributed by atoms with van der Waals surface area (Å²) < 4.78 is 60.1. The quantitative estimate of drug-likeness (QED) is 0.0666. The van der Waals surface area contributed by atoms with Crippen LogP contribution in [0.25, 0.3) is 11.1 Å². The van der Waals surface area contributed by atoms with E-state index in [1.807, 2.05) is 24.3 Å². The van der Waals surface area contributed by atoms with Gasteiger partial charge in [-0.1, -0.05) is 81.1 Å². The number of rotatable bonds is 38. The van der Waals surface area contributed by atoms with Crippen LogP contribution in [0.1, 0.15) is 62.5 Å². The van der Waals surface area contributed by atoms with Crippen molar-refractivity contribution in [3.05, 3.63) is 59.7 Å². The standard InChI is InChI=1S/C43H67NO13/c1-2-3-4-5-6-15-42(45)56-35-34-55-33-32-54-31-30-53-29-28-52-27-26-51-25-24-50-23-22-49-21-20-48-19-18-47-17-16-44-43(46)57-36-41-39-13-9-7-11-37(39)38-12-8-10-14-40(38)41/h7-14,41H,2-6,15-36H2,1H3,(H,44,46). The maximum Gasteiger partial charge on any atom is 0.407 e. The molecule has 0 saturated heterocycles. The number of carbonyl (C=O) groups is 2. The van der Waals surface area contributed by atoms with Gasteiger partial charge >= 0.3 is 12.1 Å². The van der Waals surface area contributed by atoms with Crippen molar-refractivity contribution < 1.29 is 61.7 Å². The smallest absolute Gasteiger partial charge is 0.407 e. The van der Waals surface area contributed by atoms with Crippen LogP contribution in [0.4, 0.5) is 4.79 Å². The first-order valence-electron chi connectivity index (χ1n) is 20.6. The highest BCUT2D eigenvalue weighted by Gasteiger charge is 2.29. The molecule has 1 N–H and O–H groups in total. The van der Waals surface area contributed by atoms with Crippen LogP contribution in [0.3, 0.4) is 0 Å². The first-order valence-corrected chi connectivity index (χ1v) is 20.6. The molecule has 14 heteroatoms. The van der Waals surface area contributed by atoms with Gasteiger partial charge in [-0.3, -0.25) is 4.79 Å². The number of hydrogen-bond donors (Lipinski definition) is 1. The van der Waals surface area contributed by atoms with Crippen molar-refractivity contribution in [2.45, 2.75) is 51.4 Å². The number of alkyl carbamates (subject to hydrolysis) is 1. The fraction of sp³-hybridized carbons (Fsp3) is 0.674. The Morgan fingerprint density at radius 1 is 0.474 bits per heavy atom. The average molecular weight is 806 g/mol. The normalized spacial score (nSPS) is 12.1. The van der Waals surface area contributed by atoms with E-state index in [-0.39, 0.29) is 25.1 Å². The number of nitrogens with one attached hydrogen (secondary N) is 1. The number of benzene rings is 2. The van der Waals surface area contributed by atoms with Crippen LogP contribution in [0.5, 0.6) is 0 Å². The summed E-state index contributed by atoms with van der Waals surface area (Å²) in [5.74, 6) is -0.117. The third kappa shape index (κ3) is 23.1. The number of fused-ring (bicyclic) bond motifs is 3. The highest BCUT2D eigenvalue weighted by Crippen LogP contribution is 2.44. The molecule has 0 unspecified atom stereocenters. The Hall–Kier alpha value is -3.18. The largest absolute Gasteiger partial charge is 0.463 e. The molecule has 0 fully saturated rings. The van der Waals surface area contributed by atoms with Gasteiger partial charge < -0.3 is 57.4 Å². The molecule has 0 heterocycles. The summed E-state index contributed by atoms with van der Waals surface area (Å²) in [6.45, 7) is 11.3. The van der Waals surface area contributed by atoms with Crippen LogP contribution in [0, 0.1) is 0 Å². The Labute approximate surface area is 339 Å². The second-order valence-electron chi connectivity index (χ2n) is 13.1. The van der Waals surface area contributed by atoms with Crippen molar-refractivity contribution >= 4 is 12.1 Å². The van der Waals surface area contributed by atoms with Crippen molar-refractivity contribution in [1.29, 1.82) is 0 Å². The maximum absolute atomic E-state index is 12.3. The maximum atomic E-state index is 12.3. The summed E-state index contributed by atoms with van der Waals surface area (Å²) in [6.07, 6.45) is 5.59. The molecule has 0 atom stereocenters. The lowest BCUT2D eigenvalue weighted by Gasteiger charge is -2.14. The first-order chi connectivity index (χ1) is 28.2. The minimum Gasteiger partial charge on any atom is -0.463 e. The van der Waals surface area contributed by atoms with Gasteiger partial charge in [-0.2, -0.15) is 0 Å². The number of ether oxygens (including phenoxy) is 11. The van der Waals surface area contributed by atoms with Gasteiger partial charge in [0.05, 0.1) is 119 Å². The summed E-state index contributed by atoms with van der Waals surface area (Å²) in [5.41, 5.74) is 4.77. The number of carbonyl (C=O) groups excluding carboxylic acids is 2. The zero-order valence-electron chi connectivity index (χ0n) is 34.1. The summed E-state index contributed by atoms with van der Waals surface area (Å²) in [4.78, 5) is 23.9. The third-order valence-electron chi connectivity index (χ3n) is 8.81. The molecule has 0 saturated carbocycles. The Kier molecular flexibility index (Phi) is 28.5. The second-order valence-corrected chi connectivity index (χ2v) is 13.1. The van der Waals surface area contributed by atoms with E-state index in [9.17, 15) is 9.59 Å². The van der Waals surface area contributed by atoms with E-state index in [2.05, 4.69) is 36.5 Å². The van der Waals surface area contributed by atoms with Crippen molar-refractivity contribution in [3.8, 4) is 11.1 Å². The fourth-order valence-electron chi connectivity index (χ4n) is 5.90. The van der Waals surface area contributed by atoms with Gasteiger partial charge in [0, 0.05) is 18.9 Å². The van der Waals surface area contributed by atoms with Crippen LogP contribution in [-0.4, -0.2) is 151 Å². The lowest BCUT2D eigenvalue weighted by atomic mass is 9.98. The SMILES string of the molecule is CCCCCCCC(=O)OCCOCCOCCOCCOCCOCCOCCOCCOCCOCCNC(=O)OCC1c2ccccc2-c2ccccc21. The summed E-state index contributed by atoms with van der Waals surface area (Å²) in [6, 6.07) is 16.5. The molecular formula is C43H67NO13. The molecule has 1 aliphatic rings. The topological polar surface area (TPSA) is 148 Å². The molecule has 14 nitrogen and oxygen atoms in total. The van der Waals surface area contributed by atoms with Gasteiger partial charge in [-0.15, -0.1) is 0 Å². The predicted octanol–water partition coefficient (Wildman–Crippen LogP) is 5.58. The van der Waals surface area contributed by atoms with E-state index in [1.54, 1.807) is 0 Å². The van der Waals surface area contributed by atoms with E-state index < -0.39 is 6.09 Å². The number of esters is 1. The van der Waals surface area contributed by atoms with E-state index in [1.165, 1.54) is 41.5 Å². The summed E-state index contributed by atoms with van der Waals surface area (Å²) in [5, 5.41) is 2.74. The number of hydrogen-bond acceptors (Lipinski definition) is 13. The van der Waals surface area contributed by atoms with Crippen molar-refractivity contribution in [3.63, 3.8) is 0 Å². The Bertz CT molecular complexity index is 1250. The van der Waals surface area contributed by atoms with Crippen LogP contribution in [0.2, 0.25) is 0 Å². The minimum atomic E-state index is -0.454. The lowest BCUT2D eigenvalue weighted by molar-refractivity contribution is -0.145. The van der Waals surface area contributed by atoms with Crippen molar-refractivity contribution in [2.24, 2.45) is 0 Å². The van der Waals surface area contributed by atoms with Gasteiger partial charge in [0.15, 0.2) is 0 Å². The van der Waals surface area contributed by atoms with Crippen molar-refractivity contribution in [2.75, 3.05) is 139 Å². The Morgan fingerprint density at radius 2 is 0.860 bits per heavy atom. The van der Waals surface area contributed by atoms with Crippen LogP contribution < -0.4 is 5.32 Å². The molecule has 57 heavy (non-hydrogen) atoms. The monoisotopic (exact) mass is 805 g/mol. The van der Waals surface area contributed by atoms with Crippen LogP contribution in [-0.2, 0) is 56.9 Å². The molecular weight excluding hydrogens is 738 g/mol. The Morgan fingerprint density at radius 3 is 1.30 bits per heavy atom. The van der Waals surface area contributed by atoms with Gasteiger partial charge in [-0.25, -0.2) is 4.79 Å². The lowest BCUT2D eigenvalue weighted by Crippen LogP contribution is -2.29. The number of unbranched alkanes of at least 4 members (excludes halogenated alkanes) is 4. The molecule has 322 valence electrons. The Balaban J connectivity index is 0.942. The number of amides is 1. The van der Waals surface area contributed by atoms with E-state index in [0.29, 0.717) is 132 Å². The molecule has 2 aromatic rings. The molecule has 1 aliphatic carbocycles. The van der Waals surface area contributed by atoms with Gasteiger partial charge in [-0.05, 0) is 28.7 Å². The van der Waals surface area contributed by atoms with Crippen LogP contribution in [0.15, 0.2) is 48.5 Å². The second kappa shape index (κ2) is 33.8. The molecule has 3 rings (SSSR count). The molecule has 0 aromatic heterocycles. The first kappa shape index (κ1) is 48.2. The molecule has 0 aliphatic heterocycles. The van der Waals surface area contributed by atoms with Crippen molar-refractivity contribution in [1.82, 2.24) is 5.32 Å². The third-order valence-corrected chi connectivity index (χ3v) is 8.81. The van der Waals surface area contributed by atoms with E-state index in [0.717, 1.165) is 12.8 Å². The predicted molar refractivity (Wildman–Crippen MR) is 215 cm³/mol. The zero-order valence-corrected chi connectivity index (χ0v) is 34.1. The van der Waals surface area contributed by atoms with Crippen LogP contribution >= 0.6 is 0 Å². The molecule has 1 amide bonds. The molecule has 0 spiro atoms. The highest BCUT2D eigenvalue weighted by molar-refractivity contribution is 5.79. The zero-order chi connectivity index (χ0) is 40.3. The van der Waals surface area contributed by atoms with Gasteiger partial charge in [0.1, 0.15) is 13.2 Å². The average Bonchev–Trinajstić information content (AvgIpc) is 3.55. The fourth-order valence-corrected chi connectivity index (χ4v) is 5.90. The van der Waals surface area contributed by atoms with Gasteiger partial charge in [0.2, 0.25) is 0 Å². The van der Waals surface area contributed by atoms with E-state index >= 15 is 0 Å². The summed E-state index contributed by atoms with van der Waals surface area (Å²) in [7, 11) is 0. The highest BCUT2D eigenvalue weighted by atomic mass is 16.6.